The Morgan fingerprint density at radius 3 is 2.27 bits per heavy atom. The second-order valence-electron chi connectivity index (χ2n) is 7.14. The first kappa shape index (κ1) is 21.2. The van der Waals surface area contributed by atoms with Gasteiger partial charge in [0.05, 0.1) is 12.3 Å². The van der Waals surface area contributed by atoms with E-state index in [9.17, 15) is 9.59 Å². The maximum atomic E-state index is 12.7. The van der Waals surface area contributed by atoms with Crippen LogP contribution < -0.4 is 16.0 Å². The zero-order valence-corrected chi connectivity index (χ0v) is 17.2. The highest BCUT2D eigenvalue weighted by atomic mass is 16.3. The molecule has 0 fully saturated rings. The number of hydrogen-bond acceptors (Lipinski definition) is 4. The lowest BCUT2D eigenvalue weighted by atomic mass is 10.0. The van der Waals surface area contributed by atoms with E-state index in [2.05, 4.69) is 22.9 Å². The van der Waals surface area contributed by atoms with Gasteiger partial charge in [-0.3, -0.25) is 9.59 Å². The van der Waals surface area contributed by atoms with Gasteiger partial charge in [0, 0.05) is 11.4 Å². The van der Waals surface area contributed by atoms with Crippen LogP contribution in [0.4, 0.5) is 11.4 Å². The predicted molar refractivity (Wildman–Crippen MR) is 118 cm³/mol. The lowest BCUT2D eigenvalue weighted by molar-refractivity contribution is -0.122. The molecule has 0 spiro atoms. The normalized spacial score (nSPS) is 12.6. The molecule has 2 unspecified atom stereocenters. The molecule has 2 aromatic carbocycles. The number of anilines is 2. The average Bonchev–Trinajstić information content (AvgIpc) is 3.30. The van der Waals surface area contributed by atoms with Crippen LogP contribution in [0.3, 0.4) is 0 Å². The van der Waals surface area contributed by atoms with Crippen LogP contribution in [-0.4, -0.2) is 17.9 Å². The van der Waals surface area contributed by atoms with Crippen molar-refractivity contribution in [3.05, 3.63) is 84.3 Å². The Morgan fingerprint density at radius 1 is 0.933 bits per heavy atom. The number of nitrogens with one attached hydrogen (secondary N) is 3. The molecule has 1 heterocycles. The Hall–Kier alpha value is -3.54. The van der Waals surface area contributed by atoms with E-state index in [1.807, 2.05) is 49.4 Å². The predicted octanol–water partition coefficient (Wildman–Crippen LogP) is 4.99. The second kappa shape index (κ2) is 10.3. The summed E-state index contributed by atoms with van der Waals surface area (Å²) in [7, 11) is 0. The fraction of sp³-hybridized carbons (Fsp3) is 0.250. The first-order valence-corrected chi connectivity index (χ1v) is 10.1. The SMILES string of the molecule is CCCC(NC(=O)C(C)Nc1ccc(NC(=O)c2ccco2)cc1)c1ccccc1. The largest absolute Gasteiger partial charge is 0.459 e. The van der Waals surface area contributed by atoms with Gasteiger partial charge in [0.2, 0.25) is 5.91 Å². The van der Waals surface area contributed by atoms with Gasteiger partial charge in [-0.15, -0.1) is 0 Å². The van der Waals surface area contributed by atoms with Crippen molar-refractivity contribution in [1.29, 1.82) is 0 Å². The fourth-order valence-corrected chi connectivity index (χ4v) is 3.16. The number of hydrogen-bond donors (Lipinski definition) is 3. The van der Waals surface area contributed by atoms with E-state index in [4.69, 9.17) is 4.42 Å². The van der Waals surface area contributed by atoms with Crippen LogP contribution >= 0.6 is 0 Å². The molecular weight excluding hydrogens is 378 g/mol. The van der Waals surface area contributed by atoms with Crippen LogP contribution in [0.15, 0.2) is 77.4 Å². The standard InChI is InChI=1S/C24H27N3O3/c1-3-8-21(18-9-5-4-6-10-18)27-23(28)17(2)25-19-12-14-20(15-13-19)26-24(29)22-11-7-16-30-22/h4-7,9-17,21,25H,3,8H2,1-2H3,(H,26,29)(H,27,28). The quantitative estimate of drug-likeness (QED) is 0.468. The molecule has 2 amide bonds. The summed E-state index contributed by atoms with van der Waals surface area (Å²) in [5.74, 6) is -0.119. The summed E-state index contributed by atoms with van der Waals surface area (Å²) in [5.41, 5.74) is 2.54. The Morgan fingerprint density at radius 2 is 1.63 bits per heavy atom. The Balaban J connectivity index is 1.56. The van der Waals surface area contributed by atoms with Gasteiger partial charge in [-0.25, -0.2) is 0 Å². The maximum absolute atomic E-state index is 12.7. The molecule has 0 aliphatic rings. The summed E-state index contributed by atoms with van der Waals surface area (Å²) in [6, 6.07) is 20.1. The summed E-state index contributed by atoms with van der Waals surface area (Å²) in [4.78, 5) is 24.7. The highest BCUT2D eigenvalue weighted by molar-refractivity contribution is 6.02. The summed E-state index contributed by atoms with van der Waals surface area (Å²) in [6.45, 7) is 3.94. The molecule has 30 heavy (non-hydrogen) atoms. The van der Waals surface area contributed by atoms with Crippen molar-refractivity contribution in [2.45, 2.75) is 38.8 Å². The smallest absolute Gasteiger partial charge is 0.291 e. The molecule has 0 aliphatic carbocycles. The van der Waals surface area contributed by atoms with Gasteiger partial charge in [-0.2, -0.15) is 0 Å². The number of furan rings is 1. The van der Waals surface area contributed by atoms with Gasteiger partial charge in [0.15, 0.2) is 5.76 Å². The summed E-state index contributed by atoms with van der Waals surface area (Å²) < 4.78 is 5.08. The van der Waals surface area contributed by atoms with Crippen molar-refractivity contribution in [2.75, 3.05) is 10.6 Å². The summed E-state index contributed by atoms with van der Waals surface area (Å²) in [5, 5.41) is 9.11. The Bertz CT molecular complexity index is 938. The molecule has 0 saturated heterocycles. The number of carbonyl (C=O) groups excluding carboxylic acids is 2. The highest BCUT2D eigenvalue weighted by Gasteiger charge is 2.18. The van der Waals surface area contributed by atoms with Crippen LogP contribution in [-0.2, 0) is 4.79 Å². The first-order valence-electron chi connectivity index (χ1n) is 10.1. The zero-order chi connectivity index (χ0) is 21.3. The zero-order valence-electron chi connectivity index (χ0n) is 17.2. The third kappa shape index (κ3) is 5.73. The molecule has 156 valence electrons. The molecule has 0 saturated carbocycles. The van der Waals surface area contributed by atoms with Gasteiger partial charge in [-0.05, 0) is 55.3 Å². The van der Waals surface area contributed by atoms with Gasteiger partial charge in [0.25, 0.3) is 5.91 Å². The van der Waals surface area contributed by atoms with Crippen molar-refractivity contribution >= 4 is 23.2 Å². The Kier molecular flexibility index (Phi) is 7.27. The molecular formula is C24H27N3O3. The van der Waals surface area contributed by atoms with Crippen LogP contribution in [0, 0.1) is 0 Å². The van der Waals surface area contributed by atoms with Crippen LogP contribution in [0.1, 0.15) is 48.8 Å². The molecule has 6 nitrogen and oxygen atoms in total. The monoisotopic (exact) mass is 405 g/mol. The fourth-order valence-electron chi connectivity index (χ4n) is 3.16. The minimum atomic E-state index is -0.406. The average molecular weight is 405 g/mol. The van der Waals surface area contributed by atoms with E-state index in [0.717, 1.165) is 24.1 Å². The maximum Gasteiger partial charge on any atom is 0.291 e. The number of rotatable bonds is 9. The second-order valence-corrected chi connectivity index (χ2v) is 7.14. The molecule has 2 atom stereocenters. The van der Waals surface area contributed by atoms with E-state index in [1.165, 1.54) is 6.26 Å². The summed E-state index contributed by atoms with van der Waals surface area (Å²) >= 11 is 0. The third-order valence-electron chi connectivity index (χ3n) is 4.76. The molecule has 3 N–H and O–H groups in total. The molecule has 3 aromatic rings. The van der Waals surface area contributed by atoms with Crippen LogP contribution in [0.5, 0.6) is 0 Å². The van der Waals surface area contributed by atoms with Crippen LogP contribution in [0.2, 0.25) is 0 Å². The van der Waals surface area contributed by atoms with Gasteiger partial charge >= 0.3 is 0 Å². The number of benzene rings is 2. The van der Waals surface area contributed by atoms with Crippen LogP contribution in [0.25, 0.3) is 0 Å². The molecule has 0 aliphatic heterocycles. The lowest BCUT2D eigenvalue weighted by Crippen LogP contribution is -2.39. The number of carbonyl (C=O) groups is 2. The van der Waals surface area contributed by atoms with E-state index in [0.29, 0.717) is 5.69 Å². The van der Waals surface area contributed by atoms with Gasteiger partial charge < -0.3 is 20.4 Å². The van der Waals surface area contributed by atoms with E-state index in [1.54, 1.807) is 24.3 Å². The van der Waals surface area contributed by atoms with Crippen molar-refractivity contribution in [1.82, 2.24) is 5.32 Å². The minimum Gasteiger partial charge on any atom is -0.459 e. The van der Waals surface area contributed by atoms with Crippen molar-refractivity contribution < 1.29 is 14.0 Å². The number of amides is 2. The first-order chi connectivity index (χ1) is 14.6. The highest BCUT2D eigenvalue weighted by Crippen LogP contribution is 2.19. The molecule has 6 heteroatoms. The molecule has 1 aromatic heterocycles. The van der Waals surface area contributed by atoms with Crippen molar-refractivity contribution in [3.8, 4) is 0 Å². The van der Waals surface area contributed by atoms with Crippen molar-refractivity contribution in [3.63, 3.8) is 0 Å². The molecule has 3 rings (SSSR count). The lowest BCUT2D eigenvalue weighted by Gasteiger charge is -2.22. The van der Waals surface area contributed by atoms with E-state index >= 15 is 0 Å². The Labute approximate surface area is 176 Å². The van der Waals surface area contributed by atoms with Gasteiger partial charge in [-0.1, -0.05) is 43.7 Å². The topological polar surface area (TPSA) is 83.4 Å². The molecule has 0 radical (unpaired) electrons. The summed E-state index contributed by atoms with van der Waals surface area (Å²) in [6.07, 6.45) is 3.32. The van der Waals surface area contributed by atoms with Gasteiger partial charge in [0.1, 0.15) is 6.04 Å². The van der Waals surface area contributed by atoms with Crippen molar-refractivity contribution in [2.24, 2.45) is 0 Å². The third-order valence-corrected chi connectivity index (χ3v) is 4.76. The minimum absolute atomic E-state index is 0.00728. The van der Waals surface area contributed by atoms with E-state index in [-0.39, 0.29) is 23.6 Å². The molecule has 0 bridgehead atoms. The van der Waals surface area contributed by atoms with E-state index < -0.39 is 6.04 Å².